The molecule has 0 N–H and O–H groups in total. The van der Waals surface area contributed by atoms with Gasteiger partial charge in [-0.2, -0.15) is 0 Å². The molecular formula is C21H42N2. The van der Waals surface area contributed by atoms with Crippen molar-refractivity contribution in [1.29, 1.82) is 0 Å². The summed E-state index contributed by atoms with van der Waals surface area (Å²) < 4.78 is 0. The van der Waals surface area contributed by atoms with Crippen molar-refractivity contribution in [3.8, 4) is 0 Å². The maximum atomic E-state index is 2.74. The minimum atomic E-state index is 0.709. The van der Waals surface area contributed by atoms with Crippen molar-refractivity contribution >= 4 is 0 Å². The van der Waals surface area contributed by atoms with Crippen LogP contribution < -0.4 is 0 Å². The summed E-state index contributed by atoms with van der Waals surface area (Å²) in [6.07, 6.45) is 10.4. The lowest BCUT2D eigenvalue weighted by atomic mass is 9.77. The molecule has 1 atom stereocenters. The van der Waals surface area contributed by atoms with Crippen molar-refractivity contribution in [1.82, 2.24) is 9.80 Å². The van der Waals surface area contributed by atoms with Crippen LogP contribution >= 0.6 is 0 Å². The molecule has 2 nitrogen and oxygen atoms in total. The zero-order chi connectivity index (χ0) is 16.8. The van der Waals surface area contributed by atoms with E-state index < -0.39 is 0 Å². The highest BCUT2D eigenvalue weighted by atomic mass is 15.3. The fraction of sp³-hybridized carbons (Fsp3) is 1.00. The summed E-state index contributed by atoms with van der Waals surface area (Å²) in [4.78, 5) is 5.38. The normalized spacial score (nSPS) is 31.2. The number of nitrogens with zero attached hydrogens (tertiary/aromatic N) is 2. The SMILES string of the molecule is CC(C)CC1CCC(CCCN2CCN(C(C)C)CC2C)CC1. The van der Waals surface area contributed by atoms with Crippen LogP contribution in [0.15, 0.2) is 0 Å². The lowest BCUT2D eigenvalue weighted by molar-refractivity contribution is 0.0622. The van der Waals surface area contributed by atoms with E-state index >= 15 is 0 Å². The fourth-order valence-corrected chi connectivity index (χ4v) is 4.83. The first-order valence-electron chi connectivity index (χ1n) is 10.4. The average Bonchev–Trinajstić information content (AvgIpc) is 2.50. The first-order valence-corrected chi connectivity index (χ1v) is 10.4. The Morgan fingerprint density at radius 2 is 1.57 bits per heavy atom. The van der Waals surface area contributed by atoms with Crippen LogP contribution in [-0.4, -0.2) is 48.1 Å². The number of hydrogen-bond acceptors (Lipinski definition) is 2. The Bertz CT molecular complexity index is 318. The second-order valence-electron chi connectivity index (χ2n) is 9.13. The molecule has 0 amide bonds. The van der Waals surface area contributed by atoms with E-state index in [9.17, 15) is 0 Å². The minimum Gasteiger partial charge on any atom is -0.298 e. The summed E-state index contributed by atoms with van der Waals surface area (Å²) in [5.74, 6) is 2.96. The van der Waals surface area contributed by atoms with Gasteiger partial charge in [0.05, 0.1) is 0 Å². The van der Waals surface area contributed by atoms with Gasteiger partial charge in [-0.05, 0) is 64.3 Å². The van der Waals surface area contributed by atoms with Crippen molar-refractivity contribution in [2.24, 2.45) is 17.8 Å². The highest BCUT2D eigenvalue weighted by Crippen LogP contribution is 2.34. The molecule has 1 aliphatic heterocycles. The van der Waals surface area contributed by atoms with Crippen molar-refractivity contribution in [2.75, 3.05) is 26.2 Å². The van der Waals surface area contributed by atoms with Gasteiger partial charge in [-0.25, -0.2) is 0 Å². The smallest absolute Gasteiger partial charge is 0.0195 e. The summed E-state index contributed by atoms with van der Waals surface area (Å²) in [6.45, 7) is 17.0. The Morgan fingerprint density at radius 3 is 2.13 bits per heavy atom. The molecule has 0 aromatic carbocycles. The largest absolute Gasteiger partial charge is 0.298 e. The van der Waals surface area contributed by atoms with Gasteiger partial charge < -0.3 is 0 Å². The number of hydrogen-bond donors (Lipinski definition) is 0. The molecule has 2 aliphatic rings. The van der Waals surface area contributed by atoms with Gasteiger partial charge in [-0.1, -0.05) is 39.5 Å². The second kappa shape index (κ2) is 9.42. The molecule has 0 bridgehead atoms. The summed E-state index contributed by atoms with van der Waals surface area (Å²) in [7, 11) is 0. The Labute approximate surface area is 146 Å². The number of piperazine rings is 1. The van der Waals surface area contributed by atoms with Gasteiger partial charge in [0.15, 0.2) is 0 Å². The van der Waals surface area contributed by atoms with Crippen LogP contribution in [0.3, 0.4) is 0 Å². The van der Waals surface area contributed by atoms with Gasteiger partial charge in [-0.3, -0.25) is 9.80 Å². The van der Waals surface area contributed by atoms with Crippen molar-refractivity contribution in [3.05, 3.63) is 0 Å². The molecule has 1 saturated carbocycles. The highest BCUT2D eigenvalue weighted by Gasteiger charge is 2.25. The predicted molar refractivity (Wildman–Crippen MR) is 102 cm³/mol. The molecule has 0 radical (unpaired) electrons. The van der Waals surface area contributed by atoms with E-state index in [0.717, 1.165) is 23.8 Å². The third-order valence-corrected chi connectivity index (χ3v) is 6.36. The van der Waals surface area contributed by atoms with Gasteiger partial charge in [-0.15, -0.1) is 0 Å². The van der Waals surface area contributed by atoms with E-state index in [1.165, 1.54) is 71.1 Å². The molecule has 0 aromatic heterocycles. The molecule has 136 valence electrons. The second-order valence-corrected chi connectivity index (χ2v) is 9.13. The van der Waals surface area contributed by atoms with E-state index in [4.69, 9.17) is 0 Å². The van der Waals surface area contributed by atoms with Crippen LogP contribution in [-0.2, 0) is 0 Å². The molecule has 0 aromatic rings. The maximum absolute atomic E-state index is 2.74. The molecule has 2 fully saturated rings. The van der Waals surface area contributed by atoms with E-state index in [2.05, 4.69) is 44.4 Å². The molecule has 2 heteroatoms. The summed E-state index contributed by atoms with van der Waals surface area (Å²) >= 11 is 0. The van der Waals surface area contributed by atoms with Crippen LogP contribution in [0.25, 0.3) is 0 Å². The van der Waals surface area contributed by atoms with Crippen LogP contribution in [0.2, 0.25) is 0 Å². The van der Waals surface area contributed by atoms with Crippen molar-refractivity contribution < 1.29 is 0 Å². The Hall–Kier alpha value is -0.0800. The lowest BCUT2D eigenvalue weighted by Gasteiger charge is -2.42. The summed E-state index contributed by atoms with van der Waals surface area (Å²) in [6, 6.07) is 1.45. The van der Waals surface area contributed by atoms with Gasteiger partial charge >= 0.3 is 0 Å². The zero-order valence-electron chi connectivity index (χ0n) is 16.6. The van der Waals surface area contributed by atoms with Crippen LogP contribution in [0.4, 0.5) is 0 Å². The first-order chi connectivity index (χ1) is 11.0. The third kappa shape index (κ3) is 6.38. The van der Waals surface area contributed by atoms with Crippen LogP contribution in [0, 0.1) is 17.8 Å². The van der Waals surface area contributed by atoms with E-state index in [1.807, 2.05) is 0 Å². The Balaban J connectivity index is 1.59. The number of rotatable bonds is 7. The van der Waals surface area contributed by atoms with Crippen LogP contribution in [0.1, 0.15) is 79.6 Å². The van der Waals surface area contributed by atoms with E-state index in [-0.39, 0.29) is 0 Å². The van der Waals surface area contributed by atoms with Crippen molar-refractivity contribution in [3.63, 3.8) is 0 Å². The van der Waals surface area contributed by atoms with Gasteiger partial charge in [0.2, 0.25) is 0 Å². The molecule has 1 aliphatic carbocycles. The molecule has 2 rings (SSSR count). The van der Waals surface area contributed by atoms with Crippen LogP contribution in [0.5, 0.6) is 0 Å². The topological polar surface area (TPSA) is 6.48 Å². The van der Waals surface area contributed by atoms with Gasteiger partial charge in [0.25, 0.3) is 0 Å². The summed E-state index contributed by atoms with van der Waals surface area (Å²) in [5.41, 5.74) is 0. The average molecular weight is 323 g/mol. The quantitative estimate of drug-likeness (QED) is 0.648. The third-order valence-electron chi connectivity index (χ3n) is 6.36. The first kappa shape index (κ1) is 19.2. The minimum absolute atomic E-state index is 0.709. The molecule has 23 heavy (non-hydrogen) atoms. The Kier molecular flexibility index (Phi) is 7.88. The van der Waals surface area contributed by atoms with Gasteiger partial charge in [0, 0.05) is 31.7 Å². The molecular weight excluding hydrogens is 280 g/mol. The predicted octanol–water partition coefficient (Wildman–Crippen LogP) is 5.03. The van der Waals surface area contributed by atoms with E-state index in [0.29, 0.717) is 6.04 Å². The van der Waals surface area contributed by atoms with Gasteiger partial charge in [0.1, 0.15) is 0 Å². The molecule has 1 heterocycles. The Morgan fingerprint density at radius 1 is 0.913 bits per heavy atom. The van der Waals surface area contributed by atoms with Crippen molar-refractivity contribution in [2.45, 2.75) is 91.6 Å². The molecule has 1 saturated heterocycles. The maximum Gasteiger partial charge on any atom is 0.0195 e. The zero-order valence-corrected chi connectivity index (χ0v) is 16.6. The highest BCUT2D eigenvalue weighted by molar-refractivity contribution is 4.81. The summed E-state index contributed by atoms with van der Waals surface area (Å²) in [5, 5.41) is 0. The van der Waals surface area contributed by atoms with E-state index in [1.54, 1.807) is 0 Å². The monoisotopic (exact) mass is 322 g/mol. The fourth-order valence-electron chi connectivity index (χ4n) is 4.83. The lowest BCUT2D eigenvalue weighted by Crippen LogP contribution is -2.53. The molecule has 0 spiro atoms. The standard InChI is InChI=1S/C21H42N2/c1-17(2)15-21-10-8-20(9-11-21)7-6-12-22-13-14-23(18(3)4)16-19(22)5/h17-21H,6-16H2,1-5H3. The molecule has 1 unspecified atom stereocenters.